The van der Waals surface area contributed by atoms with E-state index in [0.29, 0.717) is 40.4 Å². The summed E-state index contributed by atoms with van der Waals surface area (Å²) in [6, 6.07) is 13.1. The number of para-hydroxylation sites is 3. The highest BCUT2D eigenvalue weighted by Gasteiger charge is 2.61. The monoisotopic (exact) mass is 746 g/mol. The minimum atomic E-state index is -1.47. The molecule has 0 bridgehead atoms. The van der Waals surface area contributed by atoms with E-state index in [9.17, 15) is 24.3 Å². The second-order valence-corrected chi connectivity index (χ2v) is 15.1. The number of nitrogens with zero attached hydrogens (tertiary/aromatic N) is 6. The van der Waals surface area contributed by atoms with Crippen LogP contribution in [0.25, 0.3) is 32.0 Å². The summed E-state index contributed by atoms with van der Waals surface area (Å²) < 4.78 is 7.56. The molecule has 5 atom stereocenters. The average molecular weight is 747 g/mol. The number of aromatic nitrogens is 5. The van der Waals surface area contributed by atoms with Crippen LogP contribution in [0, 0.1) is 12.8 Å². The predicted octanol–water partition coefficient (Wildman–Crippen LogP) is 4.63. The first-order valence-corrected chi connectivity index (χ1v) is 18.9. The summed E-state index contributed by atoms with van der Waals surface area (Å²) >= 11 is 1.45. The van der Waals surface area contributed by atoms with E-state index in [4.69, 9.17) is 19.7 Å². The zero-order chi connectivity index (χ0) is 37.4. The van der Waals surface area contributed by atoms with Gasteiger partial charge in [0.2, 0.25) is 17.7 Å². The number of carbonyl (C=O) groups excluding carboxylic acids is 3. The molecule has 15 heteroatoms. The van der Waals surface area contributed by atoms with Crippen LogP contribution >= 0.6 is 11.3 Å². The number of carbonyl (C=O) groups is 4. The number of carboxylic acids is 1. The molecule has 14 nitrogen and oxygen atoms in total. The van der Waals surface area contributed by atoms with E-state index in [2.05, 4.69) is 20.6 Å². The van der Waals surface area contributed by atoms with Crippen LogP contribution in [0.5, 0.6) is 5.88 Å². The molecule has 8 rings (SSSR count). The molecule has 5 heterocycles. The topological polar surface area (TPSA) is 189 Å². The minimum Gasteiger partial charge on any atom is -0.479 e. The maximum atomic E-state index is 14.6. The SMILES string of the molecule is Cc1ncc(C(=O)N[C@H]2CCCCC/C=C\[C@@H]3C[C@@]3(C(=O)O)NC(=O)[C@@H]3C[C@@H](Oc4nc5ccccc5nc4-c4nc5ccccc5s4)CN3C2=O)cn1. The first-order chi connectivity index (χ1) is 26.2. The fourth-order valence-electron chi connectivity index (χ4n) is 7.24. The van der Waals surface area contributed by atoms with Gasteiger partial charge in [-0.25, -0.2) is 29.7 Å². The van der Waals surface area contributed by atoms with E-state index in [1.807, 2.05) is 60.7 Å². The number of benzene rings is 2. The fraction of sp³-hybridized carbons (Fsp3) is 0.359. The molecule has 0 radical (unpaired) electrons. The number of rotatable bonds is 6. The van der Waals surface area contributed by atoms with Crippen molar-refractivity contribution >= 4 is 56.3 Å². The number of allylic oxidation sites excluding steroid dienone is 1. The van der Waals surface area contributed by atoms with Crippen molar-refractivity contribution in [1.29, 1.82) is 0 Å². The van der Waals surface area contributed by atoms with Crippen LogP contribution in [0.2, 0.25) is 0 Å². The minimum absolute atomic E-state index is 0.0197. The number of nitrogens with one attached hydrogen (secondary N) is 2. The lowest BCUT2D eigenvalue weighted by atomic mass is 10.0. The maximum absolute atomic E-state index is 14.6. The molecule has 2 fully saturated rings. The van der Waals surface area contributed by atoms with E-state index >= 15 is 0 Å². The number of hydrogen-bond donors (Lipinski definition) is 3. The van der Waals surface area contributed by atoms with Crippen molar-refractivity contribution in [3.05, 3.63) is 84.5 Å². The van der Waals surface area contributed by atoms with E-state index in [1.165, 1.54) is 28.6 Å². The van der Waals surface area contributed by atoms with Crippen LogP contribution in [0.15, 0.2) is 73.1 Å². The lowest BCUT2D eigenvalue weighted by Crippen LogP contribution is -2.56. The number of carboxylic acid groups (broad SMARTS) is 1. The van der Waals surface area contributed by atoms with Gasteiger partial charge in [0.25, 0.3) is 5.91 Å². The Bertz CT molecular complexity index is 2260. The summed E-state index contributed by atoms with van der Waals surface area (Å²) in [4.78, 5) is 78.9. The van der Waals surface area contributed by atoms with Gasteiger partial charge in [-0.1, -0.05) is 49.3 Å². The van der Waals surface area contributed by atoms with Crippen LogP contribution in [0.4, 0.5) is 0 Å². The highest BCUT2D eigenvalue weighted by Crippen LogP contribution is 2.45. The molecule has 54 heavy (non-hydrogen) atoms. The van der Waals surface area contributed by atoms with Crippen molar-refractivity contribution in [3.8, 4) is 16.6 Å². The van der Waals surface area contributed by atoms with Gasteiger partial charge in [-0.15, -0.1) is 11.3 Å². The summed E-state index contributed by atoms with van der Waals surface area (Å²) in [7, 11) is 0. The van der Waals surface area contributed by atoms with E-state index in [1.54, 1.807) is 6.92 Å². The molecule has 3 aromatic heterocycles. The van der Waals surface area contributed by atoms with Crippen LogP contribution in [0.1, 0.15) is 61.1 Å². The molecule has 3 aliphatic rings. The molecule has 276 valence electrons. The molecular formula is C39H38N8O6S. The van der Waals surface area contributed by atoms with Crippen molar-refractivity contribution in [2.75, 3.05) is 6.54 Å². The molecule has 2 aliphatic heterocycles. The average Bonchev–Trinajstić information content (AvgIpc) is 3.47. The number of aryl methyl sites for hydroxylation is 1. The number of amides is 3. The van der Waals surface area contributed by atoms with Crippen LogP contribution in [-0.4, -0.2) is 88.9 Å². The molecule has 3 amide bonds. The van der Waals surface area contributed by atoms with Gasteiger partial charge in [0, 0.05) is 24.7 Å². The number of ether oxygens (including phenoxy) is 1. The standard InChI is InChI=1S/C39H38N8O6S/c1-22-40-19-23(20-41-22)33(48)43-29-15-6-4-2-3-5-11-24-18-39(24,38(51)52)46-34(49)30-17-25(21-47(30)37(29)50)53-35-32(42-26-12-7-8-13-27(26)44-35)36-45-28-14-9-10-16-31(28)54-36/h5,7-14,16,19-20,24-25,29-30H,2-4,6,15,17-18,21H2,1H3,(H,43,48)(H,46,49)(H,51,52)/b11-5-/t24-,25-,29+,30+,39-/m1/s1. The smallest absolute Gasteiger partial charge is 0.330 e. The van der Waals surface area contributed by atoms with Crippen LogP contribution in [-0.2, 0) is 14.4 Å². The molecule has 0 spiro atoms. The molecular weight excluding hydrogens is 709 g/mol. The fourth-order valence-corrected chi connectivity index (χ4v) is 8.18. The number of thiazole rings is 1. The summed E-state index contributed by atoms with van der Waals surface area (Å²) in [5.74, 6) is -2.38. The Morgan fingerprint density at radius 3 is 2.48 bits per heavy atom. The third kappa shape index (κ3) is 6.98. The lowest BCUT2D eigenvalue weighted by Gasteiger charge is -2.29. The quantitative estimate of drug-likeness (QED) is 0.206. The number of aliphatic carboxylic acids is 1. The van der Waals surface area contributed by atoms with Gasteiger partial charge in [-0.2, -0.15) is 0 Å². The number of hydrogen-bond acceptors (Lipinski definition) is 11. The van der Waals surface area contributed by atoms with Crippen LogP contribution < -0.4 is 15.4 Å². The maximum Gasteiger partial charge on any atom is 0.330 e. The highest BCUT2D eigenvalue weighted by molar-refractivity contribution is 7.21. The Labute approximate surface area is 314 Å². The third-order valence-corrected chi connectivity index (χ3v) is 11.3. The molecule has 1 aliphatic carbocycles. The van der Waals surface area contributed by atoms with Gasteiger partial charge >= 0.3 is 5.97 Å². The van der Waals surface area contributed by atoms with Crippen molar-refractivity contribution in [2.24, 2.45) is 5.92 Å². The molecule has 0 unspecified atom stereocenters. The largest absolute Gasteiger partial charge is 0.479 e. The molecule has 1 saturated carbocycles. The normalized spacial score (nSPS) is 25.2. The predicted molar refractivity (Wildman–Crippen MR) is 200 cm³/mol. The Hall–Kier alpha value is -5.83. The molecule has 5 aromatic rings. The van der Waals surface area contributed by atoms with E-state index in [0.717, 1.165) is 29.5 Å². The van der Waals surface area contributed by atoms with Gasteiger partial charge in [-0.3, -0.25) is 14.4 Å². The number of fused-ring (bicyclic) bond motifs is 4. The van der Waals surface area contributed by atoms with E-state index in [-0.39, 0.29) is 36.7 Å². The molecule has 3 N–H and O–H groups in total. The first-order valence-electron chi connectivity index (χ1n) is 18.1. The Morgan fingerprint density at radius 2 is 1.72 bits per heavy atom. The van der Waals surface area contributed by atoms with E-state index < -0.39 is 47.4 Å². The second kappa shape index (κ2) is 14.5. The van der Waals surface area contributed by atoms with Crippen molar-refractivity contribution in [3.63, 3.8) is 0 Å². The Kier molecular flexibility index (Phi) is 9.48. The first kappa shape index (κ1) is 35.2. The zero-order valence-electron chi connectivity index (χ0n) is 29.5. The van der Waals surface area contributed by atoms with Crippen molar-refractivity contribution in [1.82, 2.24) is 40.5 Å². The summed E-state index contributed by atoms with van der Waals surface area (Å²) in [5.41, 5.74) is 1.21. The highest BCUT2D eigenvalue weighted by atomic mass is 32.1. The Morgan fingerprint density at radius 1 is 0.981 bits per heavy atom. The van der Waals surface area contributed by atoms with Crippen molar-refractivity contribution in [2.45, 2.75) is 75.6 Å². The van der Waals surface area contributed by atoms with Gasteiger partial charge in [0.15, 0.2) is 5.69 Å². The van der Waals surface area contributed by atoms with Crippen LogP contribution in [0.3, 0.4) is 0 Å². The summed E-state index contributed by atoms with van der Waals surface area (Å²) in [6.45, 7) is 1.69. The Balaban J connectivity index is 1.13. The van der Waals surface area contributed by atoms with Gasteiger partial charge in [0.1, 0.15) is 34.6 Å². The second-order valence-electron chi connectivity index (χ2n) is 14.0. The molecule has 2 aromatic carbocycles. The van der Waals surface area contributed by atoms with Gasteiger partial charge in [-0.05, 0) is 56.9 Å². The summed E-state index contributed by atoms with van der Waals surface area (Å²) in [5, 5.41) is 16.5. The lowest BCUT2D eigenvalue weighted by molar-refractivity contribution is -0.145. The van der Waals surface area contributed by atoms with Gasteiger partial charge < -0.3 is 25.4 Å². The zero-order valence-corrected chi connectivity index (χ0v) is 30.3. The van der Waals surface area contributed by atoms with Gasteiger partial charge in [0.05, 0.1) is 33.4 Å². The summed E-state index contributed by atoms with van der Waals surface area (Å²) in [6.07, 6.45) is 9.52. The third-order valence-electron chi connectivity index (χ3n) is 10.3. The molecule has 1 saturated heterocycles. The van der Waals surface area contributed by atoms with Crippen molar-refractivity contribution < 1.29 is 29.0 Å².